The average molecular weight is 283 g/mol. The van der Waals surface area contributed by atoms with Gasteiger partial charge >= 0.3 is 0 Å². The lowest BCUT2D eigenvalue weighted by molar-refractivity contribution is 0.0802. The molecule has 104 valence electrons. The number of benzene rings is 1. The maximum Gasteiger partial charge on any atom is 0.254 e. The maximum atomic E-state index is 12.3. The summed E-state index contributed by atoms with van der Waals surface area (Å²) in [6.45, 7) is 0.778. The first kappa shape index (κ1) is 13.9. The molecule has 5 nitrogen and oxygen atoms in total. The van der Waals surface area contributed by atoms with Gasteiger partial charge in [0.2, 0.25) is 5.75 Å². The number of hydrogen-bond acceptors (Lipinski definition) is 5. The normalized spacial score (nSPS) is 14.4. The van der Waals surface area contributed by atoms with E-state index in [0.29, 0.717) is 22.8 Å². The van der Waals surface area contributed by atoms with Crippen LogP contribution in [0.3, 0.4) is 0 Å². The Morgan fingerprint density at radius 2 is 1.79 bits per heavy atom. The Labute approximate surface area is 116 Å². The fraction of sp³-hybridized carbons (Fsp3) is 0.462. The van der Waals surface area contributed by atoms with E-state index in [4.69, 9.17) is 14.2 Å². The molecule has 1 fully saturated rings. The van der Waals surface area contributed by atoms with Gasteiger partial charge in [-0.05, 0) is 12.1 Å². The summed E-state index contributed by atoms with van der Waals surface area (Å²) in [7, 11) is 4.62. The Bertz CT molecular complexity index is 447. The minimum atomic E-state index is -0.00995. The molecule has 1 amide bonds. The van der Waals surface area contributed by atoms with E-state index in [9.17, 15) is 4.79 Å². The highest BCUT2D eigenvalue weighted by molar-refractivity contribution is 7.99. The van der Waals surface area contributed by atoms with Crippen LogP contribution < -0.4 is 14.2 Å². The van der Waals surface area contributed by atoms with Gasteiger partial charge in [-0.15, -0.1) is 11.8 Å². The van der Waals surface area contributed by atoms with Crippen LogP contribution in [0, 0.1) is 0 Å². The van der Waals surface area contributed by atoms with Gasteiger partial charge in [0.15, 0.2) is 11.5 Å². The van der Waals surface area contributed by atoms with Crippen molar-refractivity contribution in [2.75, 3.05) is 39.5 Å². The summed E-state index contributed by atoms with van der Waals surface area (Å²) in [5.41, 5.74) is 0.553. The monoisotopic (exact) mass is 283 g/mol. The summed E-state index contributed by atoms with van der Waals surface area (Å²) in [5, 5.41) is 0. The number of hydrogen-bond donors (Lipinski definition) is 0. The van der Waals surface area contributed by atoms with E-state index in [1.807, 2.05) is 4.90 Å². The van der Waals surface area contributed by atoms with Crippen LogP contribution in [0.4, 0.5) is 0 Å². The molecule has 1 aromatic rings. The SMILES string of the molecule is COc1cc(C(=O)N2CCSC2)cc(OC)c1OC. The quantitative estimate of drug-likeness (QED) is 0.844. The number of thioether (sulfide) groups is 1. The molecule has 0 bridgehead atoms. The summed E-state index contributed by atoms with van der Waals surface area (Å²) in [5.74, 6) is 3.20. The molecule has 19 heavy (non-hydrogen) atoms. The van der Waals surface area contributed by atoms with Crippen LogP contribution >= 0.6 is 11.8 Å². The number of carbonyl (C=O) groups is 1. The zero-order chi connectivity index (χ0) is 13.8. The molecule has 1 aromatic carbocycles. The minimum Gasteiger partial charge on any atom is -0.493 e. The van der Waals surface area contributed by atoms with E-state index < -0.39 is 0 Å². The molecule has 1 heterocycles. The van der Waals surface area contributed by atoms with Crippen molar-refractivity contribution in [3.05, 3.63) is 17.7 Å². The van der Waals surface area contributed by atoms with E-state index in [1.165, 1.54) is 14.2 Å². The summed E-state index contributed by atoms with van der Waals surface area (Å²) in [6.07, 6.45) is 0. The molecule has 0 N–H and O–H groups in total. The van der Waals surface area contributed by atoms with E-state index >= 15 is 0 Å². The molecule has 0 spiro atoms. The lowest BCUT2D eigenvalue weighted by atomic mass is 10.1. The highest BCUT2D eigenvalue weighted by Crippen LogP contribution is 2.38. The first-order chi connectivity index (χ1) is 9.21. The van der Waals surface area contributed by atoms with Crippen LogP contribution in [0.1, 0.15) is 10.4 Å². The number of methoxy groups -OCH3 is 3. The first-order valence-electron chi connectivity index (χ1n) is 5.88. The molecule has 0 radical (unpaired) electrons. The largest absolute Gasteiger partial charge is 0.493 e. The van der Waals surface area contributed by atoms with Crippen molar-refractivity contribution < 1.29 is 19.0 Å². The molecule has 0 unspecified atom stereocenters. The Morgan fingerprint density at radius 3 is 2.21 bits per heavy atom. The zero-order valence-electron chi connectivity index (χ0n) is 11.3. The Hall–Kier alpha value is -1.56. The van der Waals surface area contributed by atoms with Gasteiger partial charge in [0, 0.05) is 17.9 Å². The van der Waals surface area contributed by atoms with Crippen molar-refractivity contribution in [3.63, 3.8) is 0 Å². The molecular weight excluding hydrogens is 266 g/mol. The van der Waals surface area contributed by atoms with Gasteiger partial charge in [-0.2, -0.15) is 0 Å². The average Bonchev–Trinajstić information content (AvgIpc) is 2.98. The van der Waals surface area contributed by atoms with Crippen molar-refractivity contribution in [2.45, 2.75) is 0 Å². The third-order valence-corrected chi connectivity index (χ3v) is 3.92. The molecule has 1 saturated heterocycles. The number of nitrogens with zero attached hydrogens (tertiary/aromatic N) is 1. The van der Waals surface area contributed by atoms with E-state index in [0.717, 1.165) is 18.2 Å². The first-order valence-corrected chi connectivity index (χ1v) is 7.03. The Morgan fingerprint density at radius 1 is 1.16 bits per heavy atom. The van der Waals surface area contributed by atoms with Gasteiger partial charge < -0.3 is 19.1 Å². The van der Waals surface area contributed by atoms with Gasteiger partial charge in [0.1, 0.15) is 0 Å². The van der Waals surface area contributed by atoms with Crippen LogP contribution in [0.5, 0.6) is 17.2 Å². The maximum absolute atomic E-state index is 12.3. The predicted octanol–water partition coefficient (Wildman–Crippen LogP) is 1.86. The molecule has 6 heteroatoms. The molecule has 1 aliphatic heterocycles. The number of carbonyl (C=O) groups excluding carboxylic acids is 1. The summed E-state index contributed by atoms with van der Waals surface area (Å²) < 4.78 is 15.7. The van der Waals surface area contributed by atoms with Crippen LogP contribution in [0.25, 0.3) is 0 Å². The van der Waals surface area contributed by atoms with E-state index in [1.54, 1.807) is 31.0 Å². The van der Waals surface area contributed by atoms with Gasteiger partial charge in [-0.3, -0.25) is 4.79 Å². The van der Waals surface area contributed by atoms with Crippen LogP contribution in [-0.2, 0) is 0 Å². The predicted molar refractivity (Wildman–Crippen MR) is 74.5 cm³/mol. The third kappa shape index (κ3) is 2.73. The summed E-state index contributed by atoms with van der Waals surface area (Å²) in [4.78, 5) is 14.2. The topological polar surface area (TPSA) is 48.0 Å². The Kier molecular flexibility index (Phi) is 4.42. The van der Waals surface area contributed by atoms with Crippen LogP contribution in [0.2, 0.25) is 0 Å². The highest BCUT2D eigenvalue weighted by Gasteiger charge is 2.23. The third-order valence-electron chi connectivity index (χ3n) is 2.95. The molecule has 0 atom stereocenters. The second-order valence-electron chi connectivity index (χ2n) is 4.02. The number of ether oxygens (including phenoxy) is 3. The summed E-state index contributed by atoms with van der Waals surface area (Å²) in [6, 6.07) is 3.37. The molecule has 0 saturated carbocycles. The van der Waals surface area contributed by atoms with Crippen molar-refractivity contribution in [1.82, 2.24) is 4.90 Å². The van der Waals surface area contributed by atoms with E-state index in [2.05, 4.69) is 0 Å². The fourth-order valence-electron chi connectivity index (χ4n) is 1.96. The highest BCUT2D eigenvalue weighted by atomic mass is 32.2. The standard InChI is InChI=1S/C13H17NO4S/c1-16-10-6-9(7-11(17-2)12(10)18-3)13(15)14-4-5-19-8-14/h6-7H,4-5,8H2,1-3H3. The molecule has 1 aliphatic rings. The van der Waals surface area contributed by atoms with Gasteiger partial charge in [-0.25, -0.2) is 0 Å². The second-order valence-corrected chi connectivity index (χ2v) is 5.09. The number of rotatable bonds is 4. The lowest BCUT2D eigenvalue weighted by Gasteiger charge is -2.17. The zero-order valence-corrected chi connectivity index (χ0v) is 12.1. The van der Waals surface area contributed by atoms with Crippen molar-refractivity contribution >= 4 is 17.7 Å². The van der Waals surface area contributed by atoms with Gasteiger partial charge in [0.25, 0.3) is 5.91 Å². The molecule has 2 rings (SSSR count). The van der Waals surface area contributed by atoms with Crippen molar-refractivity contribution in [1.29, 1.82) is 0 Å². The van der Waals surface area contributed by atoms with Crippen LogP contribution in [-0.4, -0.2) is 50.3 Å². The summed E-state index contributed by atoms with van der Waals surface area (Å²) >= 11 is 1.75. The molecular formula is C13H17NO4S. The van der Waals surface area contributed by atoms with Gasteiger partial charge in [0.05, 0.1) is 27.2 Å². The van der Waals surface area contributed by atoms with Crippen LogP contribution in [0.15, 0.2) is 12.1 Å². The number of amides is 1. The van der Waals surface area contributed by atoms with Gasteiger partial charge in [-0.1, -0.05) is 0 Å². The Balaban J connectivity index is 2.37. The van der Waals surface area contributed by atoms with Crippen molar-refractivity contribution in [2.24, 2.45) is 0 Å². The van der Waals surface area contributed by atoms with Crippen molar-refractivity contribution in [3.8, 4) is 17.2 Å². The molecule has 0 aromatic heterocycles. The smallest absolute Gasteiger partial charge is 0.254 e. The fourth-order valence-corrected chi connectivity index (χ4v) is 2.91. The van der Waals surface area contributed by atoms with E-state index in [-0.39, 0.29) is 5.91 Å². The molecule has 0 aliphatic carbocycles. The second kappa shape index (κ2) is 6.06. The minimum absolute atomic E-state index is 0.00995. The lowest BCUT2D eigenvalue weighted by Crippen LogP contribution is -2.27.